The number of hydrogen-bond donors (Lipinski definition) is 3. The number of aliphatic hydroxyl groups is 1. The minimum atomic E-state index is -5.05. The summed E-state index contributed by atoms with van der Waals surface area (Å²) in [5.74, 6) is -0.460. The average molecular weight is 644 g/mol. The predicted molar refractivity (Wildman–Crippen MR) is 151 cm³/mol. The molecule has 2 aromatic rings. The van der Waals surface area contributed by atoms with Crippen molar-refractivity contribution in [3.63, 3.8) is 0 Å². The molecule has 1 unspecified atom stereocenters. The van der Waals surface area contributed by atoms with Gasteiger partial charge in [0.25, 0.3) is 20.4 Å². The Kier molecular flexibility index (Phi) is 13.8. The molecule has 2 aromatic carbocycles. The van der Waals surface area contributed by atoms with Crippen LogP contribution in [0.15, 0.2) is 58.3 Å². The van der Waals surface area contributed by atoms with Gasteiger partial charge < -0.3 is 28.6 Å². The van der Waals surface area contributed by atoms with E-state index in [9.17, 15) is 42.0 Å². The summed E-state index contributed by atoms with van der Waals surface area (Å²) in [6.45, 7) is 11.0. The summed E-state index contributed by atoms with van der Waals surface area (Å²) in [5, 5.41) is 28.7. The van der Waals surface area contributed by atoms with Gasteiger partial charge in [-0.3, -0.25) is 20.2 Å². The Balaban J connectivity index is 0.000000307. The number of ether oxygens (including phenoxy) is 2. The van der Waals surface area contributed by atoms with Crippen LogP contribution in [0.4, 0.5) is 11.4 Å². The van der Waals surface area contributed by atoms with Crippen molar-refractivity contribution in [1.29, 1.82) is 0 Å². The van der Waals surface area contributed by atoms with Crippen molar-refractivity contribution < 1.29 is 46.2 Å². The zero-order chi connectivity index (χ0) is 31.5. The van der Waals surface area contributed by atoms with Gasteiger partial charge in [-0.15, -0.1) is 0 Å². The number of benzene rings is 2. The molecule has 3 N–H and O–H groups in total. The maximum atomic E-state index is 12.0. The largest absolute Gasteiger partial charge is 0.372 e. The van der Waals surface area contributed by atoms with Crippen LogP contribution in [0.1, 0.15) is 20.8 Å². The third-order valence-electron chi connectivity index (χ3n) is 5.36. The molecular formula is C23H34ClN3O12S2. The van der Waals surface area contributed by atoms with Gasteiger partial charge in [-0.05, 0) is 31.8 Å². The Morgan fingerprint density at radius 2 is 1.39 bits per heavy atom. The summed E-state index contributed by atoms with van der Waals surface area (Å²) in [7, 11) is -3.95. The molecule has 18 heteroatoms. The van der Waals surface area contributed by atoms with E-state index < -0.39 is 46.7 Å². The van der Waals surface area contributed by atoms with E-state index in [4.69, 9.17) is 20.5 Å². The summed E-state index contributed by atoms with van der Waals surface area (Å²) in [4.78, 5) is 21.2. The molecule has 0 bridgehead atoms. The van der Waals surface area contributed by atoms with Gasteiger partial charge in [-0.2, -0.15) is 0 Å². The summed E-state index contributed by atoms with van der Waals surface area (Å²) in [6, 6.07) is 9.06. The van der Waals surface area contributed by atoms with Gasteiger partial charge in [0.05, 0.1) is 38.1 Å². The second kappa shape index (κ2) is 15.6. The molecule has 2 saturated heterocycles. The first-order valence-electron chi connectivity index (χ1n) is 12.1. The highest BCUT2D eigenvalue weighted by Gasteiger charge is 2.41. The van der Waals surface area contributed by atoms with Crippen molar-refractivity contribution in [2.45, 2.75) is 43.0 Å². The molecular weight excluding hydrogens is 610 g/mol. The molecule has 2 aliphatic heterocycles. The number of aliphatic hydroxyl groups excluding tert-OH is 1. The lowest BCUT2D eigenvalue weighted by Crippen LogP contribution is -2.37. The Hall–Kier alpha value is -2.61. The van der Waals surface area contributed by atoms with E-state index in [0.717, 1.165) is 12.1 Å². The highest BCUT2D eigenvalue weighted by molar-refractivity contribution is 8.13. The maximum Gasteiger partial charge on any atom is 0.270 e. The minimum Gasteiger partial charge on any atom is -0.372 e. The number of epoxide rings is 2. The fourth-order valence-electron chi connectivity index (χ4n) is 2.91. The van der Waals surface area contributed by atoms with E-state index >= 15 is 0 Å². The number of non-ortho nitro benzene ring substituents is 2. The lowest BCUT2D eigenvalue weighted by atomic mass is 10.3. The quantitative estimate of drug-likeness (QED) is 0.154. The SMILES string of the molecule is CCN(CC)CC.O=[N+]([O-])c1cccc(S(=O)(=O)Cl)c1.O=[N+]([O-])c1cccc(S(=O)(O)(O)CC2CO2)c1.O[C@H]1CO1. The van der Waals surface area contributed by atoms with Gasteiger partial charge >= 0.3 is 0 Å². The third-order valence-corrected chi connectivity index (χ3v) is 8.88. The fraction of sp³-hybridized carbons (Fsp3) is 0.478. The topological polar surface area (TPSA) is 226 Å². The van der Waals surface area contributed by atoms with Gasteiger partial charge in [0.2, 0.25) is 0 Å². The molecule has 0 radical (unpaired) electrons. The summed E-state index contributed by atoms with van der Waals surface area (Å²) >= 11 is 0. The predicted octanol–water partition coefficient (Wildman–Crippen LogP) is 3.32. The first-order chi connectivity index (χ1) is 18.9. The Morgan fingerprint density at radius 3 is 1.73 bits per heavy atom. The van der Waals surface area contributed by atoms with Crippen LogP contribution >= 0.6 is 10.7 Å². The molecule has 15 nitrogen and oxygen atoms in total. The molecule has 0 spiro atoms. The van der Waals surface area contributed by atoms with Crippen molar-refractivity contribution in [2.24, 2.45) is 0 Å². The lowest BCUT2D eigenvalue weighted by Gasteiger charge is -2.29. The molecule has 0 amide bonds. The second-order valence-corrected chi connectivity index (χ2v) is 13.9. The number of nitrogens with zero attached hydrogens (tertiary/aromatic N) is 3. The summed E-state index contributed by atoms with van der Waals surface area (Å²) in [5.41, 5.74) is -0.650. The maximum absolute atomic E-state index is 12.0. The van der Waals surface area contributed by atoms with Crippen molar-refractivity contribution >= 4 is 40.7 Å². The first-order valence-corrected chi connectivity index (χ1v) is 16.5. The second-order valence-electron chi connectivity index (χ2n) is 8.49. The molecule has 0 saturated carbocycles. The highest BCUT2D eigenvalue weighted by atomic mass is 35.7. The summed E-state index contributed by atoms with van der Waals surface area (Å²) in [6.07, 6.45) is -0.885. The molecule has 232 valence electrons. The van der Waals surface area contributed by atoms with E-state index in [1.807, 2.05) is 0 Å². The van der Waals surface area contributed by atoms with E-state index in [1.165, 1.54) is 56.0 Å². The smallest absolute Gasteiger partial charge is 0.270 e. The van der Waals surface area contributed by atoms with Crippen molar-refractivity contribution in [2.75, 3.05) is 38.6 Å². The molecule has 2 fully saturated rings. The van der Waals surface area contributed by atoms with Crippen molar-refractivity contribution in [3.8, 4) is 0 Å². The van der Waals surface area contributed by atoms with Crippen molar-refractivity contribution in [1.82, 2.24) is 4.90 Å². The van der Waals surface area contributed by atoms with Gasteiger partial charge in [-0.1, -0.05) is 32.9 Å². The third kappa shape index (κ3) is 14.2. The fourth-order valence-corrected chi connectivity index (χ4v) is 5.47. The van der Waals surface area contributed by atoms with Crippen LogP contribution in [-0.2, 0) is 28.2 Å². The van der Waals surface area contributed by atoms with Gasteiger partial charge in [0, 0.05) is 34.9 Å². The number of hydrogen-bond acceptors (Lipinski definition) is 11. The molecule has 4 rings (SSSR count). The van der Waals surface area contributed by atoms with Crippen LogP contribution in [0.2, 0.25) is 0 Å². The van der Waals surface area contributed by atoms with Crippen LogP contribution in [0.5, 0.6) is 0 Å². The Labute approximate surface area is 241 Å². The average Bonchev–Trinajstić information content (AvgIpc) is 3.85. The summed E-state index contributed by atoms with van der Waals surface area (Å²) < 4.78 is 62.1. The molecule has 41 heavy (non-hydrogen) atoms. The number of halogens is 1. The van der Waals surface area contributed by atoms with Crippen LogP contribution in [0, 0.1) is 20.2 Å². The molecule has 2 atom stereocenters. The van der Waals surface area contributed by atoms with Crippen LogP contribution in [0.3, 0.4) is 0 Å². The molecule has 0 aliphatic carbocycles. The standard InChI is InChI=1S/C9H11NO6S.C6H4ClNO4S.C6H15N.C2H4O2/c11-10(12)7-2-1-3-9(4-7)17(13,14,15)6-8-5-16-8;7-13(11,12)6-3-1-2-5(4-6)8(9)10;1-4-7(5-2)6-3;3-2-1-4-2/h1-4,8H,5-6H2,(H2,13,14,15);1-4H;4-6H2,1-3H3;2-3H,1H2/t;;;2-/m...1/s1. The molecule has 0 aromatic heterocycles. The highest BCUT2D eigenvalue weighted by Crippen LogP contribution is 2.34. The van der Waals surface area contributed by atoms with Gasteiger partial charge in [0.1, 0.15) is 16.2 Å². The normalized spacial score (nSPS) is 18.1. The van der Waals surface area contributed by atoms with E-state index in [0.29, 0.717) is 13.2 Å². The van der Waals surface area contributed by atoms with E-state index in [2.05, 4.69) is 30.4 Å². The Morgan fingerprint density at radius 1 is 0.951 bits per heavy atom. The van der Waals surface area contributed by atoms with Gasteiger partial charge in [-0.25, -0.2) is 12.6 Å². The van der Waals surface area contributed by atoms with Crippen LogP contribution in [0.25, 0.3) is 0 Å². The van der Waals surface area contributed by atoms with Crippen LogP contribution in [-0.4, -0.2) is 92.6 Å². The number of nitro groups is 2. The van der Waals surface area contributed by atoms with Crippen molar-refractivity contribution in [3.05, 3.63) is 68.8 Å². The minimum absolute atomic E-state index is 0.275. The van der Waals surface area contributed by atoms with Gasteiger partial charge in [0.15, 0.2) is 6.29 Å². The molecule has 2 heterocycles. The molecule has 2 aliphatic rings. The van der Waals surface area contributed by atoms with E-state index in [1.54, 1.807) is 0 Å². The van der Waals surface area contributed by atoms with Crippen LogP contribution < -0.4 is 0 Å². The number of nitro benzene ring substituents is 2. The zero-order valence-corrected chi connectivity index (χ0v) is 25.0. The van der Waals surface area contributed by atoms with E-state index in [-0.39, 0.29) is 21.2 Å². The zero-order valence-electron chi connectivity index (χ0n) is 22.6. The Bertz CT molecular complexity index is 1340. The monoisotopic (exact) mass is 643 g/mol. The lowest BCUT2D eigenvalue weighted by molar-refractivity contribution is -0.385. The number of rotatable bonds is 9. The first kappa shape index (κ1) is 36.4.